The first-order chi connectivity index (χ1) is 14.0. The van der Waals surface area contributed by atoms with E-state index in [9.17, 15) is 19.2 Å². The number of carbonyl (C=O) groups is 4. The zero-order valence-corrected chi connectivity index (χ0v) is 18.8. The molecule has 1 saturated heterocycles. The summed E-state index contributed by atoms with van der Waals surface area (Å²) >= 11 is 0. The molecular formula is C22H38N4O4. The van der Waals surface area contributed by atoms with Gasteiger partial charge < -0.3 is 21.7 Å². The summed E-state index contributed by atoms with van der Waals surface area (Å²) in [6.45, 7) is 8.18. The zero-order chi connectivity index (χ0) is 22.6. The molecule has 0 spiro atoms. The topological polar surface area (TPSA) is 136 Å². The fraction of sp³-hybridized carbons (Fsp3) is 0.818. The van der Waals surface area contributed by atoms with Gasteiger partial charge in [0.05, 0.1) is 12.1 Å². The van der Waals surface area contributed by atoms with Gasteiger partial charge in [-0.15, -0.1) is 0 Å². The highest BCUT2D eigenvalue weighted by molar-refractivity contribution is 6.37. The Morgan fingerprint density at radius 1 is 1.13 bits per heavy atom. The first-order valence-electron chi connectivity index (χ1n) is 11.2. The molecule has 0 aromatic heterocycles. The van der Waals surface area contributed by atoms with Crippen molar-refractivity contribution in [2.75, 3.05) is 6.54 Å². The molecule has 30 heavy (non-hydrogen) atoms. The summed E-state index contributed by atoms with van der Waals surface area (Å²) in [5, 5.41) is 2.77. The first kappa shape index (κ1) is 24.3. The molecule has 2 fully saturated rings. The number of carbonyl (C=O) groups excluding carboxylic acids is 4. The number of nitrogens with zero attached hydrogens (tertiary/aromatic N) is 1. The van der Waals surface area contributed by atoms with E-state index < -0.39 is 35.2 Å². The Kier molecular flexibility index (Phi) is 8.02. The van der Waals surface area contributed by atoms with E-state index in [0.717, 1.165) is 32.1 Å². The molecule has 8 heteroatoms. The minimum absolute atomic E-state index is 0.000786. The lowest BCUT2D eigenvalue weighted by Gasteiger charge is -2.35. The van der Waals surface area contributed by atoms with E-state index in [4.69, 9.17) is 11.5 Å². The molecule has 0 bridgehead atoms. The molecule has 0 aromatic carbocycles. The zero-order valence-electron chi connectivity index (χ0n) is 18.8. The average Bonchev–Trinajstić information content (AvgIpc) is 3.04. The van der Waals surface area contributed by atoms with Crippen LogP contribution in [0.5, 0.6) is 0 Å². The third-order valence-electron chi connectivity index (χ3n) is 6.60. The van der Waals surface area contributed by atoms with Gasteiger partial charge in [0.25, 0.3) is 5.91 Å². The summed E-state index contributed by atoms with van der Waals surface area (Å²) in [4.78, 5) is 51.8. The molecule has 1 saturated carbocycles. The van der Waals surface area contributed by atoms with Crippen LogP contribution >= 0.6 is 0 Å². The normalized spacial score (nSPS) is 24.1. The van der Waals surface area contributed by atoms with Gasteiger partial charge in [0.15, 0.2) is 0 Å². The van der Waals surface area contributed by atoms with E-state index >= 15 is 0 Å². The lowest BCUT2D eigenvalue weighted by atomic mass is 9.80. The monoisotopic (exact) mass is 422 g/mol. The number of rotatable bonds is 9. The Balaban J connectivity index is 2.21. The molecule has 4 atom stereocenters. The molecule has 0 aromatic rings. The minimum Gasteiger partial charge on any atom is -0.363 e. The number of nitrogens with two attached hydrogens (primary N) is 2. The van der Waals surface area contributed by atoms with Gasteiger partial charge >= 0.3 is 0 Å². The second-order valence-electron chi connectivity index (χ2n) is 9.98. The number of nitrogens with one attached hydrogen (secondary N) is 1. The van der Waals surface area contributed by atoms with E-state index in [-0.39, 0.29) is 17.7 Å². The van der Waals surface area contributed by atoms with Gasteiger partial charge in [-0.2, -0.15) is 0 Å². The highest BCUT2D eigenvalue weighted by atomic mass is 16.2. The maximum absolute atomic E-state index is 13.3. The molecule has 1 aliphatic heterocycles. The van der Waals surface area contributed by atoms with Crippen LogP contribution in [0.3, 0.4) is 0 Å². The van der Waals surface area contributed by atoms with Crippen LogP contribution in [0.15, 0.2) is 0 Å². The summed E-state index contributed by atoms with van der Waals surface area (Å²) in [6.07, 6.45) is 5.85. The third-order valence-corrected chi connectivity index (χ3v) is 6.60. The lowest BCUT2D eigenvalue weighted by Crippen LogP contribution is -2.58. The Hall–Kier alpha value is -1.96. The fourth-order valence-electron chi connectivity index (χ4n) is 4.40. The second kappa shape index (κ2) is 9.90. The van der Waals surface area contributed by atoms with Crippen LogP contribution in [-0.4, -0.2) is 53.1 Å². The van der Waals surface area contributed by atoms with Crippen molar-refractivity contribution in [3.05, 3.63) is 0 Å². The predicted octanol–water partition coefficient (Wildman–Crippen LogP) is 1.11. The SMILES string of the molecule is CCC[C@H]1CCN(C(=O)[C@@H](N)C(C)(C)C)C1C(=O)NC(CC1CCC1)C(=O)C(N)=O. The summed E-state index contributed by atoms with van der Waals surface area (Å²) in [6, 6.07) is -2.35. The van der Waals surface area contributed by atoms with Crippen LogP contribution in [0.4, 0.5) is 0 Å². The smallest absolute Gasteiger partial charge is 0.287 e. The molecule has 1 aliphatic carbocycles. The molecule has 8 nitrogen and oxygen atoms in total. The number of likely N-dealkylation sites (tertiary alicyclic amines) is 1. The number of amides is 3. The van der Waals surface area contributed by atoms with Crippen molar-refractivity contribution in [2.24, 2.45) is 28.7 Å². The molecule has 3 amide bonds. The third kappa shape index (κ3) is 5.59. The van der Waals surface area contributed by atoms with Crippen LogP contribution < -0.4 is 16.8 Å². The highest BCUT2D eigenvalue weighted by Gasteiger charge is 2.45. The molecule has 1 heterocycles. The van der Waals surface area contributed by atoms with Crippen molar-refractivity contribution in [1.29, 1.82) is 0 Å². The number of hydrogen-bond donors (Lipinski definition) is 3. The molecule has 2 aliphatic rings. The number of primary amides is 1. The summed E-state index contributed by atoms with van der Waals surface area (Å²) < 4.78 is 0. The quantitative estimate of drug-likeness (QED) is 0.478. The van der Waals surface area contributed by atoms with Crippen LogP contribution in [0.25, 0.3) is 0 Å². The van der Waals surface area contributed by atoms with E-state index in [2.05, 4.69) is 5.32 Å². The maximum Gasteiger partial charge on any atom is 0.287 e. The van der Waals surface area contributed by atoms with Crippen LogP contribution in [0.2, 0.25) is 0 Å². The lowest BCUT2D eigenvalue weighted by molar-refractivity contribution is -0.144. The molecule has 0 radical (unpaired) electrons. The molecule has 5 N–H and O–H groups in total. The summed E-state index contributed by atoms with van der Waals surface area (Å²) in [5.41, 5.74) is 11.0. The van der Waals surface area contributed by atoms with Gasteiger partial charge in [0.2, 0.25) is 17.6 Å². The van der Waals surface area contributed by atoms with E-state index in [1.54, 1.807) is 4.90 Å². The van der Waals surface area contributed by atoms with Crippen molar-refractivity contribution in [3.8, 4) is 0 Å². The van der Waals surface area contributed by atoms with Gasteiger partial charge in [-0.05, 0) is 36.5 Å². The molecule has 2 unspecified atom stereocenters. The Labute approximate surface area is 179 Å². The molecule has 2 rings (SSSR count). The number of ketones is 1. The molecule has 170 valence electrons. The van der Waals surface area contributed by atoms with Gasteiger partial charge in [-0.1, -0.05) is 53.4 Å². The van der Waals surface area contributed by atoms with Crippen molar-refractivity contribution in [1.82, 2.24) is 10.2 Å². The highest BCUT2D eigenvalue weighted by Crippen LogP contribution is 2.33. The van der Waals surface area contributed by atoms with Gasteiger partial charge in [-0.25, -0.2) is 0 Å². The van der Waals surface area contributed by atoms with Crippen LogP contribution in [-0.2, 0) is 19.2 Å². The second-order valence-corrected chi connectivity index (χ2v) is 9.98. The van der Waals surface area contributed by atoms with Crippen molar-refractivity contribution in [3.63, 3.8) is 0 Å². The Bertz CT molecular complexity index is 669. The van der Waals surface area contributed by atoms with Crippen molar-refractivity contribution >= 4 is 23.5 Å². The van der Waals surface area contributed by atoms with E-state index in [1.165, 1.54) is 0 Å². The molecular weight excluding hydrogens is 384 g/mol. The standard InChI is InChI=1S/C22H38N4O4/c1-5-7-14-10-11-26(21(30)18(23)22(2,3)4)16(14)20(29)25-15(17(27)19(24)28)12-13-8-6-9-13/h13-16,18H,5-12,23H2,1-4H3,(H2,24,28)(H,25,29)/t14-,15?,16?,18+/m0/s1. The maximum atomic E-state index is 13.3. The van der Waals surface area contributed by atoms with Gasteiger partial charge in [0, 0.05) is 6.54 Å². The van der Waals surface area contributed by atoms with Crippen LogP contribution in [0, 0.1) is 17.3 Å². The average molecular weight is 423 g/mol. The predicted molar refractivity (Wildman–Crippen MR) is 114 cm³/mol. The van der Waals surface area contributed by atoms with Crippen molar-refractivity contribution in [2.45, 2.75) is 90.8 Å². The van der Waals surface area contributed by atoms with Crippen LogP contribution in [0.1, 0.15) is 72.6 Å². The largest absolute Gasteiger partial charge is 0.363 e. The van der Waals surface area contributed by atoms with E-state index in [0.29, 0.717) is 25.3 Å². The van der Waals surface area contributed by atoms with Gasteiger partial charge in [0.1, 0.15) is 6.04 Å². The minimum atomic E-state index is -1.04. The number of hydrogen-bond acceptors (Lipinski definition) is 5. The summed E-state index contributed by atoms with van der Waals surface area (Å²) in [7, 11) is 0. The first-order valence-corrected chi connectivity index (χ1v) is 11.2. The fourth-order valence-corrected chi connectivity index (χ4v) is 4.40. The number of Topliss-reactive ketones (excluding diaryl/α,β-unsaturated/α-hetero) is 1. The van der Waals surface area contributed by atoms with Crippen molar-refractivity contribution < 1.29 is 19.2 Å². The Morgan fingerprint density at radius 2 is 1.77 bits per heavy atom. The van der Waals surface area contributed by atoms with E-state index in [1.807, 2.05) is 27.7 Å². The summed E-state index contributed by atoms with van der Waals surface area (Å²) in [5.74, 6) is -2.15. The van der Waals surface area contributed by atoms with Gasteiger partial charge in [-0.3, -0.25) is 19.2 Å². The Morgan fingerprint density at radius 3 is 2.23 bits per heavy atom.